The van der Waals surface area contributed by atoms with Crippen LogP contribution in [0.4, 0.5) is 0 Å². The predicted molar refractivity (Wildman–Crippen MR) is 55.4 cm³/mol. The van der Waals surface area contributed by atoms with Gasteiger partial charge in [-0.15, -0.1) is 0 Å². The van der Waals surface area contributed by atoms with E-state index in [1.807, 2.05) is 0 Å². The Morgan fingerprint density at radius 1 is 1.08 bits per heavy atom. The molecule has 0 unspecified atom stereocenters. The van der Waals surface area contributed by atoms with Crippen LogP contribution in [0.2, 0.25) is 0 Å². The van der Waals surface area contributed by atoms with Crippen molar-refractivity contribution in [1.82, 2.24) is 0 Å². The Morgan fingerprint density at radius 3 is 1.46 bits per heavy atom. The molecule has 0 aliphatic heterocycles. The van der Waals surface area contributed by atoms with Gasteiger partial charge in [0.15, 0.2) is 0 Å². The van der Waals surface area contributed by atoms with Crippen LogP contribution in [0.5, 0.6) is 0 Å². The quantitative estimate of drug-likeness (QED) is 0.692. The first-order chi connectivity index (χ1) is 6.28. The molecule has 2 heteroatoms. The van der Waals surface area contributed by atoms with Crippen LogP contribution < -0.4 is 5.73 Å². The lowest BCUT2D eigenvalue weighted by molar-refractivity contribution is -0.106. The normalized spacial score (nSPS) is 8.46. The number of hydrogen-bond acceptors (Lipinski definition) is 1. The van der Waals surface area contributed by atoms with Crippen molar-refractivity contribution in [2.45, 2.75) is 26.7 Å². The Bertz CT molecular complexity index is 205. The van der Waals surface area contributed by atoms with Crippen molar-refractivity contribution >= 4 is 6.41 Å². The van der Waals surface area contributed by atoms with Crippen LogP contribution >= 0.6 is 0 Å². The van der Waals surface area contributed by atoms with E-state index in [9.17, 15) is 0 Å². The van der Waals surface area contributed by atoms with Gasteiger partial charge >= 0.3 is 0 Å². The summed E-state index contributed by atoms with van der Waals surface area (Å²) in [5, 5.41) is 0. The first-order valence-corrected chi connectivity index (χ1v) is 4.51. The van der Waals surface area contributed by atoms with Crippen LogP contribution in [0.3, 0.4) is 0 Å². The van der Waals surface area contributed by atoms with Gasteiger partial charge in [-0.1, -0.05) is 38.1 Å². The lowest BCUT2D eigenvalue weighted by Crippen LogP contribution is -1.82. The molecule has 0 saturated carbocycles. The zero-order chi connectivity index (χ0) is 10.1. The van der Waals surface area contributed by atoms with Gasteiger partial charge in [-0.25, -0.2) is 0 Å². The van der Waals surface area contributed by atoms with Crippen LogP contribution in [0.25, 0.3) is 0 Å². The smallest absolute Gasteiger partial charge is 0.204 e. The molecular weight excluding hydrogens is 162 g/mol. The topological polar surface area (TPSA) is 43.1 Å². The van der Waals surface area contributed by atoms with Crippen molar-refractivity contribution < 1.29 is 4.79 Å². The summed E-state index contributed by atoms with van der Waals surface area (Å²) >= 11 is 0. The molecule has 1 rings (SSSR count). The summed E-state index contributed by atoms with van der Waals surface area (Å²) in [5.74, 6) is 0. The average molecular weight is 179 g/mol. The van der Waals surface area contributed by atoms with E-state index in [1.54, 1.807) is 0 Å². The molecule has 0 aromatic heterocycles. The SMILES string of the molecule is CCc1ccc(CC)cc1.NC=O. The molecule has 2 N–H and O–H groups in total. The number of primary amides is 1. The monoisotopic (exact) mass is 179 g/mol. The molecule has 0 atom stereocenters. The van der Waals surface area contributed by atoms with Gasteiger partial charge in [0, 0.05) is 0 Å². The molecule has 0 aliphatic rings. The van der Waals surface area contributed by atoms with Crippen LogP contribution in [0.1, 0.15) is 25.0 Å². The second-order valence-electron chi connectivity index (χ2n) is 2.66. The molecule has 0 saturated heterocycles. The van der Waals surface area contributed by atoms with Gasteiger partial charge in [0.2, 0.25) is 6.41 Å². The third kappa shape index (κ3) is 5.01. The zero-order valence-corrected chi connectivity index (χ0v) is 8.29. The van der Waals surface area contributed by atoms with Gasteiger partial charge in [-0.2, -0.15) is 0 Å². The van der Waals surface area contributed by atoms with Gasteiger partial charge < -0.3 is 5.73 Å². The lowest BCUT2D eigenvalue weighted by Gasteiger charge is -1.97. The van der Waals surface area contributed by atoms with Gasteiger partial charge in [0.05, 0.1) is 0 Å². The molecule has 0 radical (unpaired) electrons. The lowest BCUT2D eigenvalue weighted by atomic mass is 10.1. The van der Waals surface area contributed by atoms with Crippen molar-refractivity contribution in [1.29, 1.82) is 0 Å². The Labute approximate surface area is 79.8 Å². The molecule has 0 aliphatic carbocycles. The van der Waals surface area contributed by atoms with E-state index in [4.69, 9.17) is 4.79 Å². The van der Waals surface area contributed by atoms with E-state index < -0.39 is 0 Å². The van der Waals surface area contributed by atoms with Crippen molar-refractivity contribution in [3.63, 3.8) is 0 Å². The summed E-state index contributed by atoms with van der Waals surface area (Å²) in [6.07, 6.45) is 2.54. The van der Waals surface area contributed by atoms with E-state index in [2.05, 4.69) is 43.8 Å². The maximum atomic E-state index is 8.58. The van der Waals surface area contributed by atoms with Crippen molar-refractivity contribution in [2.75, 3.05) is 0 Å². The van der Waals surface area contributed by atoms with Crippen LogP contribution in [0, 0.1) is 0 Å². The highest BCUT2D eigenvalue weighted by molar-refractivity contribution is 5.42. The molecule has 72 valence electrons. The van der Waals surface area contributed by atoms with Gasteiger partial charge in [0.1, 0.15) is 0 Å². The van der Waals surface area contributed by atoms with E-state index >= 15 is 0 Å². The zero-order valence-electron chi connectivity index (χ0n) is 8.29. The number of carbonyl (C=O) groups is 1. The maximum absolute atomic E-state index is 8.58. The summed E-state index contributed by atoms with van der Waals surface area (Å²) in [6, 6.07) is 8.83. The predicted octanol–water partition coefficient (Wildman–Crippen LogP) is 1.91. The number of carbonyl (C=O) groups excluding carboxylic acids is 1. The Kier molecular flexibility index (Phi) is 6.60. The summed E-state index contributed by atoms with van der Waals surface area (Å²) in [6.45, 7) is 4.36. The number of rotatable bonds is 2. The van der Waals surface area contributed by atoms with Crippen LogP contribution in [0.15, 0.2) is 24.3 Å². The fraction of sp³-hybridized carbons (Fsp3) is 0.364. The Balaban J connectivity index is 0.000000424. The van der Waals surface area contributed by atoms with Gasteiger partial charge in [-0.3, -0.25) is 4.79 Å². The highest BCUT2D eigenvalue weighted by Crippen LogP contribution is 2.04. The Morgan fingerprint density at radius 2 is 1.31 bits per heavy atom. The van der Waals surface area contributed by atoms with Crippen molar-refractivity contribution in [3.05, 3.63) is 35.4 Å². The van der Waals surface area contributed by atoms with Gasteiger partial charge in [-0.05, 0) is 24.0 Å². The second kappa shape index (κ2) is 7.35. The summed E-state index contributed by atoms with van der Waals surface area (Å²) in [5.41, 5.74) is 7.02. The molecular formula is C11H17NO. The largest absolute Gasteiger partial charge is 0.372 e. The summed E-state index contributed by atoms with van der Waals surface area (Å²) < 4.78 is 0. The molecule has 0 fully saturated rings. The molecule has 13 heavy (non-hydrogen) atoms. The number of amides is 1. The fourth-order valence-corrected chi connectivity index (χ4v) is 1.01. The minimum absolute atomic E-state index is 0.250. The van der Waals surface area contributed by atoms with Crippen molar-refractivity contribution in [3.8, 4) is 0 Å². The molecule has 1 amide bonds. The van der Waals surface area contributed by atoms with E-state index in [0.717, 1.165) is 12.8 Å². The Hall–Kier alpha value is -1.31. The summed E-state index contributed by atoms with van der Waals surface area (Å²) in [7, 11) is 0. The second-order valence-corrected chi connectivity index (χ2v) is 2.66. The summed E-state index contributed by atoms with van der Waals surface area (Å²) in [4.78, 5) is 8.58. The molecule has 2 nitrogen and oxygen atoms in total. The molecule has 0 bridgehead atoms. The molecule has 0 heterocycles. The fourth-order valence-electron chi connectivity index (χ4n) is 1.01. The highest BCUT2D eigenvalue weighted by atomic mass is 16.1. The number of aryl methyl sites for hydroxylation is 2. The maximum Gasteiger partial charge on any atom is 0.204 e. The average Bonchev–Trinajstić information content (AvgIpc) is 2.19. The number of hydrogen-bond donors (Lipinski definition) is 1. The van der Waals surface area contributed by atoms with Crippen molar-refractivity contribution in [2.24, 2.45) is 5.73 Å². The number of nitrogens with two attached hydrogens (primary N) is 1. The highest BCUT2D eigenvalue weighted by Gasteiger charge is 1.88. The standard InChI is InChI=1S/C10H14.CH3NO/c1-3-9-5-7-10(4-2)8-6-9;2-1-3/h5-8H,3-4H2,1-2H3;1H,(H2,2,3). The first kappa shape index (κ1) is 11.7. The molecule has 1 aromatic carbocycles. The first-order valence-electron chi connectivity index (χ1n) is 4.51. The van der Waals surface area contributed by atoms with E-state index in [-0.39, 0.29) is 6.41 Å². The third-order valence-corrected chi connectivity index (χ3v) is 1.84. The number of benzene rings is 1. The van der Waals surface area contributed by atoms with E-state index in [1.165, 1.54) is 11.1 Å². The minimum Gasteiger partial charge on any atom is -0.372 e. The third-order valence-electron chi connectivity index (χ3n) is 1.84. The van der Waals surface area contributed by atoms with Gasteiger partial charge in [0.25, 0.3) is 0 Å². The van der Waals surface area contributed by atoms with E-state index in [0.29, 0.717) is 0 Å². The van der Waals surface area contributed by atoms with Crippen LogP contribution in [-0.2, 0) is 17.6 Å². The molecule has 0 spiro atoms. The van der Waals surface area contributed by atoms with Crippen LogP contribution in [-0.4, -0.2) is 6.41 Å². The molecule has 1 aromatic rings. The minimum atomic E-state index is 0.250.